The quantitative estimate of drug-likeness (QED) is 0.455. The van der Waals surface area contributed by atoms with E-state index in [9.17, 15) is 9.18 Å². The molecule has 3 aromatic rings. The molecule has 0 spiro atoms. The van der Waals surface area contributed by atoms with Crippen LogP contribution in [0.4, 0.5) is 32.3 Å². The molecule has 10 heteroatoms. The zero-order valence-corrected chi connectivity index (χ0v) is 19.0. The largest absolute Gasteiger partial charge is 0.369 e. The summed E-state index contributed by atoms with van der Waals surface area (Å²) in [6, 6.07) is 9.04. The van der Waals surface area contributed by atoms with Gasteiger partial charge < -0.3 is 20.9 Å². The molecule has 2 aliphatic rings. The van der Waals surface area contributed by atoms with Crippen LogP contribution in [0.1, 0.15) is 32.1 Å². The first-order valence-corrected chi connectivity index (χ1v) is 11.9. The lowest BCUT2D eigenvalue weighted by Crippen LogP contribution is -2.43. The normalized spacial score (nSPS) is 16.9. The minimum absolute atomic E-state index is 0.119. The van der Waals surface area contributed by atoms with E-state index in [0.29, 0.717) is 17.0 Å². The van der Waals surface area contributed by atoms with Crippen LogP contribution in [0.5, 0.6) is 0 Å². The van der Waals surface area contributed by atoms with E-state index in [0.717, 1.165) is 57.5 Å². The first-order chi connectivity index (χ1) is 16.6. The van der Waals surface area contributed by atoms with E-state index >= 15 is 0 Å². The summed E-state index contributed by atoms with van der Waals surface area (Å²) in [5.41, 5.74) is 2.31. The van der Waals surface area contributed by atoms with Gasteiger partial charge in [0.25, 0.3) is 0 Å². The summed E-state index contributed by atoms with van der Waals surface area (Å²) in [5.74, 6) is -0.427. The molecule has 1 saturated heterocycles. The molecular formula is C24H29FN8O. The van der Waals surface area contributed by atoms with Gasteiger partial charge in [0.15, 0.2) is 17.3 Å². The van der Waals surface area contributed by atoms with Crippen LogP contribution in [0.3, 0.4) is 0 Å². The van der Waals surface area contributed by atoms with Crippen molar-refractivity contribution < 1.29 is 9.18 Å². The third kappa shape index (κ3) is 5.33. The highest BCUT2D eigenvalue weighted by Gasteiger charge is 2.18. The Morgan fingerprint density at radius 2 is 1.82 bits per heavy atom. The number of amides is 2. The molecule has 1 aromatic carbocycles. The Labute approximate surface area is 197 Å². The fourth-order valence-electron chi connectivity index (χ4n) is 4.47. The fraction of sp³-hybridized carbons (Fsp3) is 0.417. The number of carbonyl (C=O) groups is 1. The zero-order valence-electron chi connectivity index (χ0n) is 19.0. The van der Waals surface area contributed by atoms with Gasteiger partial charge in [-0.1, -0.05) is 19.3 Å². The number of hydrogen-bond acceptors (Lipinski definition) is 7. The molecule has 0 bridgehead atoms. The van der Waals surface area contributed by atoms with Crippen molar-refractivity contribution in [3.05, 3.63) is 42.3 Å². The molecule has 34 heavy (non-hydrogen) atoms. The van der Waals surface area contributed by atoms with Crippen LogP contribution < -0.4 is 26.2 Å². The number of piperazine rings is 1. The summed E-state index contributed by atoms with van der Waals surface area (Å²) in [5, 5.41) is 12.4. The predicted octanol–water partition coefficient (Wildman–Crippen LogP) is 3.77. The van der Waals surface area contributed by atoms with Crippen LogP contribution in [-0.4, -0.2) is 53.2 Å². The number of carbonyl (C=O) groups excluding carboxylic acids is 1. The van der Waals surface area contributed by atoms with E-state index in [1.807, 2.05) is 12.1 Å². The number of urea groups is 1. The van der Waals surface area contributed by atoms with Crippen molar-refractivity contribution in [1.29, 1.82) is 0 Å². The van der Waals surface area contributed by atoms with E-state index < -0.39 is 11.8 Å². The number of halogens is 1. The number of nitrogens with zero attached hydrogens (tertiary/aromatic N) is 4. The molecule has 2 aromatic heterocycles. The number of rotatable bonds is 5. The molecule has 1 saturated carbocycles. The van der Waals surface area contributed by atoms with E-state index in [-0.39, 0.29) is 11.9 Å². The van der Waals surface area contributed by atoms with Crippen molar-refractivity contribution in [2.75, 3.05) is 41.7 Å². The first kappa shape index (κ1) is 22.3. The number of pyridine rings is 1. The van der Waals surface area contributed by atoms with Gasteiger partial charge in [-0.15, -0.1) is 0 Å². The molecule has 2 fully saturated rings. The molecule has 1 aliphatic carbocycles. The van der Waals surface area contributed by atoms with Gasteiger partial charge in [-0.2, -0.15) is 4.98 Å². The average molecular weight is 465 g/mol. The Kier molecular flexibility index (Phi) is 6.66. The molecule has 3 heterocycles. The SMILES string of the molecule is O=C(Nc1nc2nc(Nc3ccc(N4CCNCC4)cc3)ncc2cc1F)NC1CCCCC1. The summed E-state index contributed by atoms with van der Waals surface area (Å²) >= 11 is 0. The number of benzene rings is 1. The van der Waals surface area contributed by atoms with E-state index in [2.05, 4.69) is 53.3 Å². The van der Waals surface area contributed by atoms with Gasteiger partial charge in [0.1, 0.15) is 0 Å². The molecular weight excluding hydrogens is 435 g/mol. The summed E-state index contributed by atoms with van der Waals surface area (Å²) in [6.07, 6.45) is 6.79. The molecule has 0 unspecified atom stereocenters. The Balaban J connectivity index is 1.27. The van der Waals surface area contributed by atoms with Gasteiger partial charge in [-0.25, -0.2) is 19.2 Å². The van der Waals surface area contributed by atoms with Gasteiger partial charge in [-0.05, 0) is 43.2 Å². The topological polar surface area (TPSA) is 107 Å². The molecule has 2 amide bonds. The second-order valence-electron chi connectivity index (χ2n) is 8.77. The number of hydrogen-bond donors (Lipinski definition) is 4. The van der Waals surface area contributed by atoms with Crippen molar-refractivity contribution in [2.45, 2.75) is 38.1 Å². The fourth-order valence-corrected chi connectivity index (χ4v) is 4.47. The maximum Gasteiger partial charge on any atom is 0.320 e. The number of nitrogens with one attached hydrogen (secondary N) is 4. The van der Waals surface area contributed by atoms with Gasteiger partial charge in [0, 0.05) is 55.2 Å². The lowest BCUT2D eigenvalue weighted by atomic mass is 9.96. The maximum absolute atomic E-state index is 14.5. The van der Waals surface area contributed by atoms with Crippen molar-refractivity contribution in [3.63, 3.8) is 0 Å². The van der Waals surface area contributed by atoms with Crippen LogP contribution in [0.25, 0.3) is 11.0 Å². The Morgan fingerprint density at radius 1 is 1.06 bits per heavy atom. The summed E-state index contributed by atoms with van der Waals surface area (Å²) in [4.78, 5) is 27.6. The standard InChI is InChI=1S/C24H29FN8O/c25-20-14-16-15-27-23(28-18-6-8-19(9-7-18)33-12-10-26-11-13-33)31-21(16)30-22(20)32-24(34)29-17-4-2-1-3-5-17/h6-9,14-15,17,26H,1-5,10-13H2,(H3,27,28,29,30,31,32,34). The van der Waals surface area contributed by atoms with Crippen LogP contribution in [0.15, 0.2) is 36.5 Å². The third-order valence-corrected chi connectivity index (χ3v) is 6.30. The van der Waals surface area contributed by atoms with Gasteiger partial charge in [0.05, 0.1) is 0 Å². The van der Waals surface area contributed by atoms with Gasteiger partial charge in [0.2, 0.25) is 5.95 Å². The number of aromatic nitrogens is 3. The predicted molar refractivity (Wildman–Crippen MR) is 131 cm³/mol. The molecule has 0 radical (unpaired) electrons. The monoisotopic (exact) mass is 464 g/mol. The highest BCUT2D eigenvalue weighted by Crippen LogP contribution is 2.23. The van der Waals surface area contributed by atoms with Crippen LogP contribution in [-0.2, 0) is 0 Å². The highest BCUT2D eigenvalue weighted by molar-refractivity contribution is 5.90. The van der Waals surface area contributed by atoms with Crippen LogP contribution in [0, 0.1) is 5.82 Å². The Bertz CT molecular complexity index is 1140. The second kappa shape index (κ2) is 10.2. The molecule has 9 nitrogen and oxygen atoms in total. The Morgan fingerprint density at radius 3 is 2.59 bits per heavy atom. The smallest absolute Gasteiger partial charge is 0.320 e. The van der Waals surface area contributed by atoms with E-state index in [1.54, 1.807) is 0 Å². The average Bonchev–Trinajstić information content (AvgIpc) is 2.86. The molecule has 1 aliphatic heterocycles. The lowest BCUT2D eigenvalue weighted by molar-refractivity contribution is 0.244. The first-order valence-electron chi connectivity index (χ1n) is 11.9. The van der Waals surface area contributed by atoms with Crippen LogP contribution >= 0.6 is 0 Å². The summed E-state index contributed by atoms with van der Waals surface area (Å²) in [7, 11) is 0. The van der Waals surface area contributed by atoms with E-state index in [1.165, 1.54) is 24.4 Å². The van der Waals surface area contributed by atoms with Crippen molar-refractivity contribution in [1.82, 2.24) is 25.6 Å². The number of anilines is 4. The molecule has 5 rings (SSSR count). The Hall–Kier alpha value is -3.53. The van der Waals surface area contributed by atoms with Crippen LogP contribution in [0.2, 0.25) is 0 Å². The zero-order chi connectivity index (χ0) is 23.3. The lowest BCUT2D eigenvalue weighted by Gasteiger charge is -2.29. The van der Waals surface area contributed by atoms with Crippen molar-refractivity contribution in [3.8, 4) is 0 Å². The minimum atomic E-state index is -0.626. The van der Waals surface area contributed by atoms with Gasteiger partial charge >= 0.3 is 6.03 Å². The maximum atomic E-state index is 14.5. The summed E-state index contributed by atoms with van der Waals surface area (Å²) < 4.78 is 14.5. The number of fused-ring (bicyclic) bond motifs is 1. The highest BCUT2D eigenvalue weighted by atomic mass is 19.1. The van der Waals surface area contributed by atoms with Crippen molar-refractivity contribution in [2.24, 2.45) is 0 Å². The third-order valence-electron chi connectivity index (χ3n) is 6.30. The molecule has 0 atom stereocenters. The minimum Gasteiger partial charge on any atom is -0.369 e. The van der Waals surface area contributed by atoms with Crippen molar-refractivity contribution >= 4 is 40.2 Å². The molecule has 178 valence electrons. The summed E-state index contributed by atoms with van der Waals surface area (Å²) in [6.45, 7) is 3.94. The van der Waals surface area contributed by atoms with E-state index in [4.69, 9.17) is 0 Å². The molecule has 4 N–H and O–H groups in total. The van der Waals surface area contributed by atoms with Gasteiger partial charge in [-0.3, -0.25) is 5.32 Å². The second-order valence-corrected chi connectivity index (χ2v) is 8.77.